The second-order valence-electron chi connectivity index (χ2n) is 4.70. The van der Waals surface area contributed by atoms with Crippen LogP contribution in [0.1, 0.15) is 40.0 Å². The van der Waals surface area contributed by atoms with Crippen molar-refractivity contribution in [2.24, 2.45) is 11.8 Å². The monoisotopic (exact) mass is 173 g/mol. The molecule has 0 amide bonds. The van der Waals surface area contributed by atoms with E-state index in [0.29, 0.717) is 5.92 Å². The number of aliphatic hydroxyl groups is 2. The quantitative estimate of drug-likeness (QED) is 0.665. The van der Waals surface area contributed by atoms with Crippen LogP contribution in [0, 0.1) is 11.8 Å². The van der Waals surface area contributed by atoms with Gasteiger partial charge in [0.05, 0.1) is 11.7 Å². The highest BCUT2D eigenvalue weighted by molar-refractivity contribution is 4.87. The first-order valence-electron chi connectivity index (χ1n) is 5.20. The lowest BCUT2D eigenvalue weighted by atomic mass is 9.73. The van der Waals surface area contributed by atoms with Gasteiger partial charge >= 0.3 is 0 Å². The Labute approximate surface area is 76.1 Å². The van der Waals surface area contributed by atoms with Crippen LogP contribution in [0.15, 0.2) is 0 Å². The summed E-state index contributed by atoms with van der Waals surface area (Å²) in [5.74, 6) is 0.717. The summed E-state index contributed by atoms with van der Waals surface area (Å²) in [6.07, 6.45) is 2.64. The molecule has 1 aliphatic rings. The molecule has 2 nitrogen and oxygen atoms in total. The predicted molar refractivity (Wildman–Crippen MR) is 48.8 cm³/mol. The van der Waals surface area contributed by atoms with E-state index in [4.69, 9.17) is 1.43 Å². The topological polar surface area (TPSA) is 40.5 Å². The van der Waals surface area contributed by atoms with Gasteiger partial charge in [-0.1, -0.05) is 13.3 Å². The molecule has 0 aromatic heterocycles. The minimum atomic E-state index is -0.514. The molecule has 72 valence electrons. The van der Waals surface area contributed by atoms with Crippen molar-refractivity contribution in [1.82, 2.24) is 0 Å². The average molecular weight is 173 g/mol. The molecular formula is C10H20O2. The van der Waals surface area contributed by atoms with Gasteiger partial charge in [-0.2, -0.15) is 0 Å². The molecule has 0 bridgehead atoms. The first kappa shape index (κ1) is 8.52. The van der Waals surface area contributed by atoms with E-state index in [1.165, 1.54) is 0 Å². The van der Waals surface area contributed by atoms with Crippen molar-refractivity contribution >= 4 is 0 Å². The largest absolute Gasteiger partial charge is 0.393 e. The number of hydrogen-bond acceptors (Lipinski definition) is 2. The molecule has 1 aliphatic carbocycles. The van der Waals surface area contributed by atoms with Gasteiger partial charge in [-0.05, 0) is 32.6 Å². The number of aliphatic hydroxyl groups excluding tert-OH is 1. The average Bonchev–Trinajstić information content (AvgIpc) is 2.03. The Balaban J connectivity index is 2.60. The fourth-order valence-electron chi connectivity index (χ4n) is 2.16. The van der Waals surface area contributed by atoms with Gasteiger partial charge in [-0.15, -0.1) is 0 Å². The lowest BCUT2D eigenvalue weighted by molar-refractivity contribution is -0.0730. The zero-order valence-electron chi connectivity index (χ0n) is 9.21. The normalized spacial score (nSPS) is 39.3. The molecule has 1 saturated carbocycles. The minimum absolute atomic E-state index is 0.112. The maximum Gasteiger partial charge on any atom is 0.211 e. The summed E-state index contributed by atoms with van der Waals surface area (Å²) in [7, 11) is 0. The Morgan fingerprint density at radius 3 is 2.58 bits per heavy atom. The van der Waals surface area contributed by atoms with E-state index in [2.05, 4.69) is 12.0 Å². The summed E-state index contributed by atoms with van der Waals surface area (Å²) >= 11 is 0. The third-order valence-electron chi connectivity index (χ3n) is 2.97. The lowest BCUT2D eigenvalue weighted by Gasteiger charge is -2.38. The van der Waals surface area contributed by atoms with Crippen molar-refractivity contribution in [1.29, 1.82) is 1.43 Å². The van der Waals surface area contributed by atoms with E-state index in [-0.39, 0.29) is 12.0 Å². The van der Waals surface area contributed by atoms with E-state index in [1.807, 2.05) is 13.8 Å². The summed E-state index contributed by atoms with van der Waals surface area (Å²) in [6.45, 7) is 5.92. The van der Waals surface area contributed by atoms with Crippen molar-refractivity contribution < 1.29 is 10.2 Å². The van der Waals surface area contributed by atoms with E-state index < -0.39 is 5.60 Å². The van der Waals surface area contributed by atoms with Crippen LogP contribution in [0.4, 0.5) is 0 Å². The Bertz CT molecular complexity index is 170. The summed E-state index contributed by atoms with van der Waals surface area (Å²) in [4.78, 5) is 0. The molecule has 0 aromatic carbocycles. The molecule has 2 N–H and O–H groups in total. The van der Waals surface area contributed by atoms with Crippen LogP contribution in [-0.4, -0.2) is 23.4 Å². The molecule has 0 radical (unpaired) electrons. The maximum atomic E-state index is 9.84. The summed E-state index contributed by atoms with van der Waals surface area (Å²) in [6, 6.07) is 0. The molecule has 3 atom stereocenters. The summed E-state index contributed by atoms with van der Waals surface area (Å²) in [5, 5.41) is 14.5. The highest BCUT2D eigenvalue weighted by Crippen LogP contribution is 2.35. The van der Waals surface area contributed by atoms with Gasteiger partial charge in [0, 0.05) is 5.92 Å². The zero-order chi connectivity index (χ0) is 10.1. The van der Waals surface area contributed by atoms with Crippen LogP contribution in [0.2, 0.25) is 0 Å². The lowest BCUT2D eigenvalue weighted by Crippen LogP contribution is -2.42. The second-order valence-corrected chi connectivity index (χ2v) is 4.70. The van der Waals surface area contributed by atoms with Crippen molar-refractivity contribution in [2.45, 2.75) is 51.7 Å². The highest BCUT2D eigenvalue weighted by Gasteiger charge is 2.36. The molecule has 0 heterocycles. The van der Waals surface area contributed by atoms with Crippen molar-refractivity contribution in [3.8, 4) is 0 Å². The fourth-order valence-corrected chi connectivity index (χ4v) is 2.16. The van der Waals surface area contributed by atoms with Crippen LogP contribution >= 0.6 is 0 Å². The third kappa shape index (κ3) is 2.20. The zero-order valence-corrected chi connectivity index (χ0v) is 8.21. The van der Waals surface area contributed by atoms with Crippen molar-refractivity contribution in [2.75, 3.05) is 0 Å². The van der Waals surface area contributed by atoms with E-state index in [9.17, 15) is 5.11 Å². The molecule has 3 unspecified atom stereocenters. The molecular weight excluding hydrogens is 152 g/mol. The smallest absolute Gasteiger partial charge is 0.211 e. The van der Waals surface area contributed by atoms with E-state index in [0.717, 1.165) is 19.3 Å². The number of rotatable bonds is 2. The maximum absolute atomic E-state index is 9.84. The Morgan fingerprint density at radius 2 is 2.08 bits per heavy atom. The first-order valence-corrected chi connectivity index (χ1v) is 4.79. The SMILES string of the molecule is [2H]OC(C)(C)C1CCC(C)CC1O. The van der Waals surface area contributed by atoms with Gasteiger partial charge in [0.25, 0.3) is 0 Å². The van der Waals surface area contributed by atoms with Crippen LogP contribution < -0.4 is 0 Å². The van der Waals surface area contributed by atoms with E-state index in [1.54, 1.807) is 0 Å². The van der Waals surface area contributed by atoms with Crippen LogP contribution in [0.3, 0.4) is 0 Å². The molecule has 12 heavy (non-hydrogen) atoms. The standard InChI is InChI=1S/C10H20O2/c1-7-4-5-8(9(11)6-7)10(2,3)12/h7-9,11-12H,4-6H2,1-3H3/i12D. The number of hydrogen-bond donors (Lipinski definition) is 2. The molecule has 1 rings (SSSR count). The van der Waals surface area contributed by atoms with Gasteiger partial charge in [-0.3, -0.25) is 0 Å². The van der Waals surface area contributed by atoms with Gasteiger partial charge in [0.15, 0.2) is 0 Å². The third-order valence-corrected chi connectivity index (χ3v) is 2.97. The molecule has 0 aliphatic heterocycles. The Hall–Kier alpha value is -0.0800. The van der Waals surface area contributed by atoms with Gasteiger partial charge < -0.3 is 10.2 Å². The van der Waals surface area contributed by atoms with Gasteiger partial charge in [-0.25, -0.2) is 0 Å². The van der Waals surface area contributed by atoms with Crippen LogP contribution in [0.25, 0.3) is 0 Å². The van der Waals surface area contributed by atoms with Crippen LogP contribution in [-0.2, 0) is 0 Å². The van der Waals surface area contributed by atoms with Gasteiger partial charge in [0.1, 0.15) is 0 Å². The van der Waals surface area contributed by atoms with E-state index >= 15 is 0 Å². The summed E-state index contributed by atoms with van der Waals surface area (Å²) in [5.41, 5.74) is -0.514. The molecule has 1 fully saturated rings. The van der Waals surface area contributed by atoms with Crippen molar-refractivity contribution in [3.63, 3.8) is 0 Å². The molecule has 0 saturated heterocycles. The van der Waals surface area contributed by atoms with Crippen LogP contribution in [0.5, 0.6) is 0 Å². The van der Waals surface area contributed by atoms with Gasteiger partial charge in [0.2, 0.25) is 1.43 Å². The fraction of sp³-hybridized carbons (Fsp3) is 1.00. The Morgan fingerprint density at radius 1 is 1.42 bits per heavy atom. The highest BCUT2D eigenvalue weighted by atomic mass is 16.3. The summed E-state index contributed by atoms with van der Waals surface area (Å²) < 4.78 is 6.97. The predicted octanol–water partition coefficient (Wildman–Crippen LogP) is 1.55. The second kappa shape index (κ2) is 3.35. The molecule has 0 spiro atoms. The Kier molecular flexibility index (Phi) is 2.37. The molecule has 0 aromatic rings. The first-order chi connectivity index (χ1) is 5.97. The van der Waals surface area contributed by atoms with Crippen molar-refractivity contribution in [3.05, 3.63) is 0 Å². The molecule has 2 heteroatoms. The minimum Gasteiger partial charge on any atom is -0.393 e.